The number of nitrogens with zero attached hydrogens (tertiary/aromatic N) is 1. The number of hydrogen-bond acceptors (Lipinski definition) is 3. The van der Waals surface area contributed by atoms with Crippen molar-refractivity contribution >= 4 is 43.2 Å². The van der Waals surface area contributed by atoms with E-state index in [1.165, 1.54) is 24.3 Å². The Morgan fingerprint density at radius 1 is 1.19 bits per heavy atom. The summed E-state index contributed by atoms with van der Waals surface area (Å²) in [5, 5.41) is 2.41. The first-order valence-electron chi connectivity index (χ1n) is 7.64. The van der Waals surface area contributed by atoms with Crippen LogP contribution in [0.5, 0.6) is 0 Å². The molecule has 0 aliphatic carbocycles. The van der Waals surface area contributed by atoms with Gasteiger partial charge in [-0.15, -0.1) is 0 Å². The third-order valence-electron chi connectivity index (χ3n) is 3.60. The van der Waals surface area contributed by atoms with Crippen LogP contribution in [0.25, 0.3) is 0 Å². The van der Waals surface area contributed by atoms with E-state index in [9.17, 15) is 22.0 Å². The fourth-order valence-electron chi connectivity index (χ4n) is 2.46. The number of nitrogens with one attached hydrogen (secondary N) is 1. The molecule has 2 rings (SSSR count). The fraction of sp³-hybridized carbons (Fsp3) is 0.235. The molecule has 0 aromatic heterocycles. The number of carbonyl (C=O) groups is 1. The van der Waals surface area contributed by atoms with Crippen LogP contribution < -0.4 is 9.62 Å². The molecular weight excluding hydrogens is 430 g/mol. The van der Waals surface area contributed by atoms with Crippen molar-refractivity contribution in [2.24, 2.45) is 0 Å². The van der Waals surface area contributed by atoms with Gasteiger partial charge in [-0.3, -0.25) is 9.10 Å². The zero-order chi connectivity index (χ0) is 19.5. The predicted molar refractivity (Wildman–Crippen MR) is 101 cm³/mol. The van der Waals surface area contributed by atoms with Crippen LogP contribution >= 0.6 is 15.9 Å². The Morgan fingerprint density at radius 3 is 2.31 bits per heavy atom. The first-order valence-corrected chi connectivity index (χ1v) is 10.3. The van der Waals surface area contributed by atoms with E-state index in [2.05, 4.69) is 21.2 Å². The molecule has 0 bridgehead atoms. The summed E-state index contributed by atoms with van der Waals surface area (Å²) in [4.78, 5) is 12.6. The minimum absolute atomic E-state index is 0.0655. The van der Waals surface area contributed by atoms with Crippen molar-refractivity contribution in [1.82, 2.24) is 0 Å². The van der Waals surface area contributed by atoms with Crippen molar-refractivity contribution in [2.75, 3.05) is 15.9 Å². The van der Waals surface area contributed by atoms with Gasteiger partial charge in [0, 0.05) is 4.47 Å². The van der Waals surface area contributed by atoms with E-state index in [0.29, 0.717) is 4.47 Å². The molecule has 26 heavy (non-hydrogen) atoms. The number of carbonyl (C=O) groups excluding carboxylic acids is 1. The molecule has 2 aromatic rings. The Balaban J connectivity index is 2.38. The van der Waals surface area contributed by atoms with Crippen LogP contribution in [-0.4, -0.2) is 26.6 Å². The molecule has 1 amide bonds. The van der Waals surface area contributed by atoms with E-state index >= 15 is 0 Å². The second-order valence-electron chi connectivity index (χ2n) is 5.57. The molecule has 5 nitrogen and oxygen atoms in total. The van der Waals surface area contributed by atoms with Gasteiger partial charge in [0.2, 0.25) is 15.9 Å². The van der Waals surface area contributed by atoms with Gasteiger partial charge in [-0.05, 0) is 48.9 Å². The van der Waals surface area contributed by atoms with Crippen LogP contribution in [0.4, 0.5) is 20.2 Å². The second-order valence-corrected chi connectivity index (χ2v) is 8.35. The summed E-state index contributed by atoms with van der Waals surface area (Å²) in [5.41, 5.74) is 0.0800. The number of benzene rings is 2. The van der Waals surface area contributed by atoms with E-state index in [4.69, 9.17) is 0 Å². The van der Waals surface area contributed by atoms with Gasteiger partial charge >= 0.3 is 0 Å². The lowest BCUT2D eigenvalue weighted by atomic mass is 10.1. The summed E-state index contributed by atoms with van der Waals surface area (Å²) in [5.74, 6) is -1.88. The summed E-state index contributed by atoms with van der Waals surface area (Å²) in [6.45, 7) is 1.63. The maximum atomic E-state index is 14.0. The van der Waals surface area contributed by atoms with Crippen molar-refractivity contribution in [1.29, 1.82) is 0 Å². The van der Waals surface area contributed by atoms with Crippen molar-refractivity contribution in [3.8, 4) is 0 Å². The van der Waals surface area contributed by atoms with Crippen LogP contribution in [-0.2, 0) is 14.8 Å². The van der Waals surface area contributed by atoms with E-state index in [-0.39, 0.29) is 17.8 Å². The van der Waals surface area contributed by atoms with Crippen LogP contribution in [0, 0.1) is 11.6 Å². The molecule has 0 radical (unpaired) electrons. The lowest BCUT2D eigenvalue weighted by molar-refractivity contribution is -0.117. The van der Waals surface area contributed by atoms with Crippen LogP contribution in [0.2, 0.25) is 0 Å². The lowest BCUT2D eigenvalue weighted by Crippen LogP contribution is -2.47. The standard InChI is InChI=1S/C17H17BrF2N2O3S/c1-3-16(17(23)21-15-9-4-11(18)10-14(15)20)22(26(2,24)25)13-7-5-12(19)6-8-13/h4-10,16H,3H2,1-2H3,(H,21,23)/t16-/m1/s1. The second kappa shape index (κ2) is 8.13. The maximum Gasteiger partial charge on any atom is 0.248 e. The Kier molecular flexibility index (Phi) is 6.35. The highest BCUT2D eigenvalue weighted by molar-refractivity contribution is 9.10. The number of sulfonamides is 1. The van der Waals surface area contributed by atoms with Gasteiger partial charge in [-0.2, -0.15) is 0 Å². The lowest BCUT2D eigenvalue weighted by Gasteiger charge is -2.30. The summed E-state index contributed by atoms with van der Waals surface area (Å²) >= 11 is 3.12. The summed E-state index contributed by atoms with van der Waals surface area (Å²) in [7, 11) is -3.85. The Hall–Kier alpha value is -2.00. The van der Waals surface area contributed by atoms with E-state index in [1.807, 2.05) is 0 Å². The van der Waals surface area contributed by atoms with Crippen LogP contribution in [0.15, 0.2) is 46.9 Å². The molecule has 1 N–H and O–H groups in total. The molecule has 0 spiro atoms. The molecule has 0 aliphatic heterocycles. The number of halogens is 3. The molecule has 1 atom stereocenters. The zero-order valence-corrected chi connectivity index (χ0v) is 16.4. The average Bonchev–Trinajstić information content (AvgIpc) is 2.55. The van der Waals surface area contributed by atoms with Crippen molar-refractivity contribution in [3.05, 3.63) is 58.6 Å². The average molecular weight is 447 g/mol. The normalized spacial score (nSPS) is 12.5. The highest BCUT2D eigenvalue weighted by Crippen LogP contribution is 2.25. The molecule has 2 aromatic carbocycles. The SMILES string of the molecule is CC[C@H](C(=O)Nc1ccc(Br)cc1F)N(c1ccc(F)cc1)S(C)(=O)=O. The molecule has 0 saturated carbocycles. The van der Waals surface area contributed by atoms with Crippen molar-refractivity contribution in [3.63, 3.8) is 0 Å². The molecule has 0 unspecified atom stereocenters. The summed E-state index contributed by atoms with van der Waals surface area (Å²) in [6, 6.07) is 7.72. The zero-order valence-electron chi connectivity index (χ0n) is 14.0. The maximum absolute atomic E-state index is 14.0. The van der Waals surface area contributed by atoms with E-state index < -0.39 is 33.6 Å². The van der Waals surface area contributed by atoms with Crippen molar-refractivity contribution < 1.29 is 22.0 Å². The molecule has 9 heteroatoms. The Labute approximate surface area is 159 Å². The van der Waals surface area contributed by atoms with Crippen molar-refractivity contribution in [2.45, 2.75) is 19.4 Å². The molecule has 0 fully saturated rings. The first-order chi connectivity index (χ1) is 12.1. The van der Waals surface area contributed by atoms with Gasteiger partial charge in [0.15, 0.2) is 0 Å². The topological polar surface area (TPSA) is 66.5 Å². The largest absolute Gasteiger partial charge is 0.322 e. The third kappa shape index (κ3) is 4.79. The molecular formula is C17H17BrF2N2O3S. The van der Waals surface area contributed by atoms with Gasteiger partial charge < -0.3 is 5.32 Å². The van der Waals surface area contributed by atoms with Gasteiger partial charge in [0.1, 0.15) is 17.7 Å². The third-order valence-corrected chi connectivity index (χ3v) is 5.27. The van der Waals surface area contributed by atoms with Gasteiger partial charge in [-0.25, -0.2) is 17.2 Å². The van der Waals surface area contributed by atoms with Crippen LogP contribution in [0.3, 0.4) is 0 Å². The number of hydrogen-bond donors (Lipinski definition) is 1. The van der Waals surface area contributed by atoms with Gasteiger partial charge in [-0.1, -0.05) is 22.9 Å². The quantitative estimate of drug-likeness (QED) is 0.731. The fourth-order valence-corrected chi connectivity index (χ4v) is 4.00. The highest BCUT2D eigenvalue weighted by Gasteiger charge is 2.31. The van der Waals surface area contributed by atoms with Crippen LogP contribution in [0.1, 0.15) is 13.3 Å². The molecule has 0 heterocycles. The first kappa shape index (κ1) is 20.3. The minimum Gasteiger partial charge on any atom is -0.322 e. The smallest absolute Gasteiger partial charge is 0.248 e. The van der Waals surface area contributed by atoms with Gasteiger partial charge in [0.25, 0.3) is 0 Å². The Bertz CT molecular complexity index is 905. The predicted octanol–water partition coefficient (Wildman–Crippen LogP) is 3.91. The monoisotopic (exact) mass is 446 g/mol. The summed E-state index contributed by atoms with van der Waals surface area (Å²) < 4.78 is 53.0. The van der Waals surface area contributed by atoms with E-state index in [0.717, 1.165) is 22.7 Å². The van der Waals surface area contributed by atoms with E-state index in [1.54, 1.807) is 13.0 Å². The summed E-state index contributed by atoms with van der Waals surface area (Å²) in [6.07, 6.45) is 1.08. The number of rotatable bonds is 6. The molecule has 0 aliphatic rings. The molecule has 0 saturated heterocycles. The highest BCUT2D eigenvalue weighted by atomic mass is 79.9. The molecule has 140 valence electrons. The Morgan fingerprint density at radius 2 is 1.81 bits per heavy atom. The minimum atomic E-state index is -3.85. The number of anilines is 2. The number of amides is 1. The van der Waals surface area contributed by atoms with Gasteiger partial charge in [0.05, 0.1) is 17.6 Å².